The van der Waals surface area contributed by atoms with Gasteiger partial charge in [-0.15, -0.1) is 0 Å². The van der Waals surface area contributed by atoms with Crippen molar-refractivity contribution >= 4 is 17.4 Å². The molecular formula is C25H31N3O5. The first-order chi connectivity index (χ1) is 16.0. The molecule has 1 aromatic carbocycles. The first kappa shape index (κ1) is 24.4. The molecule has 0 spiro atoms. The molecule has 3 rings (SSSR count). The summed E-state index contributed by atoms with van der Waals surface area (Å²) in [5.74, 6) is 0.0280. The van der Waals surface area contributed by atoms with Gasteiger partial charge in [-0.1, -0.05) is 18.2 Å². The van der Waals surface area contributed by atoms with E-state index in [2.05, 4.69) is 4.98 Å². The minimum absolute atomic E-state index is 0.0360. The fraction of sp³-hybridized carbons (Fsp3) is 0.400. The third kappa shape index (κ3) is 5.97. The fourth-order valence-corrected chi connectivity index (χ4v) is 3.65. The van der Waals surface area contributed by atoms with Crippen LogP contribution in [0.2, 0.25) is 0 Å². The van der Waals surface area contributed by atoms with Crippen molar-refractivity contribution in [3.8, 4) is 5.75 Å². The molecule has 0 saturated carbocycles. The smallest absolute Gasteiger partial charge is 0.278 e. The van der Waals surface area contributed by atoms with Gasteiger partial charge in [0, 0.05) is 39.7 Å². The Morgan fingerprint density at radius 2 is 1.64 bits per heavy atom. The molecule has 1 aliphatic heterocycles. The predicted octanol–water partition coefficient (Wildman–Crippen LogP) is 2.74. The number of benzene rings is 1. The SMILES string of the molecule is COCCN(CCOC)C1=C(c2ccc(OC(C)C)cc2)C(=O)N(Cc2cccnc2)C1=O. The van der Waals surface area contributed by atoms with Crippen LogP contribution in [-0.4, -0.2) is 73.2 Å². The number of carbonyl (C=O) groups is 2. The minimum atomic E-state index is -0.339. The molecule has 0 unspecified atom stereocenters. The van der Waals surface area contributed by atoms with Crippen LogP contribution in [0.3, 0.4) is 0 Å². The second-order valence-electron chi connectivity index (χ2n) is 7.94. The van der Waals surface area contributed by atoms with E-state index >= 15 is 0 Å². The van der Waals surface area contributed by atoms with Crippen molar-refractivity contribution in [2.75, 3.05) is 40.5 Å². The number of rotatable bonds is 12. The van der Waals surface area contributed by atoms with Gasteiger partial charge in [-0.25, -0.2) is 0 Å². The Hall–Kier alpha value is -3.23. The van der Waals surface area contributed by atoms with E-state index in [1.165, 1.54) is 4.90 Å². The van der Waals surface area contributed by atoms with Gasteiger partial charge in [0.2, 0.25) is 0 Å². The Bertz CT molecular complexity index is 965. The molecular weight excluding hydrogens is 422 g/mol. The molecule has 0 atom stereocenters. The molecule has 1 aromatic heterocycles. The van der Waals surface area contributed by atoms with Gasteiger partial charge in [0.25, 0.3) is 11.8 Å². The average Bonchev–Trinajstić information content (AvgIpc) is 3.05. The average molecular weight is 454 g/mol. The van der Waals surface area contributed by atoms with E-state index in [4.69, 9.17) is 14.2 Å². The van der Waals surface area contributed by atoms with Crippen LogP contribution >= 0.6 is 0 Å². The number of pyridine rings is 1. The van der Waals surface area contributed by atoms with Gasteiger partial charge in [0.05, 0.1) is 31.4 Å². The van der Waals surface area contributed by atoms with E-state index in [0.29, 0.717) is 48.9 Å². The number of amides is 2. The van der Waals surface area contributed by atoms with Crippen molar-refractivity contribution in [2.45, 2.75) is 26.5 Å². The topological polar surface area (TPSA) is 81.2 Å². The van der Waals surface area contributed by atoms with E-state index in [-0.39, 0.29) is 24.5 Å². The van der Waals surface area contributed by atoms with Crippen LogP contribution in [0.1, 0.15) is 25.0 Å². The standard InChI is InChI=1S/C25H31N3O5/c1-18(2)33-21-9-7-20(8-10-21)22-23(27(12-14-31-3)13-15-32-4)25(30)28(24(22)29)17-19-6-5-11-26-16-19/h5-11,16,18H,12-15,17H2,1-4H3. The van der Waals surface area contributed by atoms with E-state index in [9.17, 15) is 9.59 Å². The van der Waals surface area contributed by atoms with Crippen molar-refractivity contribution < 1.29 is 23.8 Å². The third-order valence-corrected chi connectivity index (χ3v) is 5.17. The van der Waals surface area contributed by atoms with Crippen LogP contribution < -0.4 is 4.74 Å². The maximum atomic E-state index is 13.6. The van der Waals surface area contributed by atoms with Crippen LogP contribution in [0.25, 0.3) is 5.57 Å². The van der Waals surface area contributed by atoms with Crippen molar-refractivity contribution in [2.24, 2.45) is 0 Å². The molecule has 0 fully saturated rings. The number of carbonyl (C=O) groups excluding carboxylic acids is 2. The Kier molecular flexibility index (Phi) is 8.57. The van der Waals surface area contributed by atoms with Crippen LogP contribution in [0, 0.1) is 0 Å². The highest BCUT2D eigenvalue weighted by Crippen LogP contribution is 2.33. The number of nitrogens with zero attached hydrogens (tertiary/aromatic N) is 3. The van der Waals surface area contributed by atoms with E-state index in [0.717, 1.165) is 5.56 Å². The lowest BCUT2D eigenvalue weighted by Gasteiger charge is -2.25. The van der Waals surface area contributed by atoms with Crippen LogP contribution in [0.4, 0.5) is 0 Å². The summed E-state index contributed by atoms with van der Waals surface area (Å²) in [6, 6.07) is 10.9. The quantitative estimate of drug-likeness (QED) is 0.457. The van der Waals surface area contributed by atoms with Crippen molar-refractivity contribution in [3.63, 3.8) is 0 Å². The highest BCUT2D eigenvalue weighted by atomic mass is 16.5. The lowest BCUT2D eigenvalue weighted by Crippen LogP contribution is -2.37. The van der Waals surface area contributed by atoms with Gasteiger partial charge < -0.3 is 19.1 Å². The molecule has 2 heterocycles. The van der Waals surface area contributed by atoms with E-state index < -0.39 is 0 Å². The molecule has 1 aliphatic rings. The van der Waals surface area contributed by atoms with Crippen molar-refractivity contribution in [1.29, 1.82) is 0 Å². The second kappa shape index (κ2) is 11.6. The fourth-order valence-electron chi connectivity index (χ4n) is 3.65. The predicted molar refractivity (Wildman–Crippen MR) is 124 cm³/mol. The Morgan fingerprint density at radius 3 is 2.18 bits per heavy atom. The van der Waals surface area contributed by atoms with Crippen molar-refractivity contribution in [1.82, 2.24) is 14.8 Å². The monoisotopic (exact) mass is 453 g/mol. The molecule has 0 aliphatic carbocycles. The van der Waals surface area contributed by atoms with Gasteiger partial charge in [0.1, 0.15) is 11.4 Å². The van der Waals surface area contributed by atoms with Gasteiger partial charge in [-0.3, -0.25) is 19.5 Å². The van der Waals surface area contributed by atoms with Gasteiger partial charge in [-0.05, 0) is 43.2 Å². The van der Waals surface area contributed by atoms with Crippen LogP contribution in [-0.2, 0) is 25.6 Å². The molecule has 33 heavy (non-hydrogen) atoms. The van der Waals surface area contributed by atoms with Gasteiger partial charge in [0.15, 0.2) is 0 Å². The summed E-state index contributed by atoms with van der Waals surface area (Å²) in [6.07, 6.45) is 3.35. The number of methoxy groups -OCH3 is 2. The lowest BCUT2D eigenvalue weighted by molar-refractivity contribution is -0.138. The highest BCUT2D eigenvalue weighted by Gasteiger charge is 2.41. The molecule has 0 radical (unpaired) electrons. The molecule has 0 saturated heterocycles. The number of ether oxygens (including phenoxy) is 3. The maximum Gasteiger partial charge on any atom is 0.278 e. The number of imide groups is 1. The van der Waals surface area contributed by atoms with Gasteiger partial charge >= 0.3 is 0 Å². The zero-order valence-corrected chi connectivity index (χ0v) is 19.6. The van der Waals surface area contributed by atoms with Gasteiger partial charge in [-0.2, -0.15) is 0 Å². The molecule has 8 heteroatoms. The Labute approximate surface area is 194 Å². The zero-order valence-electron chi connectivity index (χ0n) is 19.6. The Morgan fingerprint density at radius 1 is 0.970 bits per heavy atom. The summed E-state index contributed by atoms with van der Waals surface area (Å²) >= 11 is 0. The number of hydrogen-bond donors (Lipinski definition) is 0. The van der Waals surface area contributed by atoms with Crippen molar-refractivity contribution in [3.05, 3.63) is 65.6 Å². The summed E-state index contributed by atoms with van der Waals surface area (Å²) in [5.41, 5.74) is 2.16. The molecule has 2 aromatic rings. The zero-order chi connectivity index (χ0) is 23.8. The first-order valence-electron chi connectivity index (χ1n) is 11.0. The minimum Gasteiger partial charge on any atom is -0.491 e. The number of hydrogen-bond acceptors (Lipinski definition) is 7. The Balaban J connectivity index is 2.02. The van der Waals surface area contributed by atoms with E-state index in [1.54, 1.807) is 32.7 Å². The maximum absolute atomic E-state index is 13.6. The summed E-state index contributed by atoms with van der Waals surface area (Å²) in [4.78, 5) is 34.4. The van der Waals surface area contributed by atoms with Crippen LogP contribution in [0.15, 0.2) is 54.5 Å². The third-order valence-electron chi connectivity index (χ3n) is 5.17. The van der Waals surface area contributed by atoms with Crippen LogP contribution in [0.5, 0.6) is 5.75 Å². The summed E-state index contributed by atoms with van der Waals surface area (Å²) in [5, 5.41) is 0. The molecule has 8 nitrogen and oxygen atoms in total. The summed E-state index contributed by atoms with van der Waals surface area (Å²) in [7, 11) is 3.21. The summed E-state index contributed by atoms with van der Waals surface area (Å²) < 4.78 is 16.2. The second-order valence-corrected chi connectivity index (χ2v) is 7.94. The molecule has 176 valence electrons. The molecule has 0 bridgehead atoms. The normalized spacial score (nSPS) is 13.9. The lowest BCUT2D eigenvalue weighted by atomic mass is 10.0. The highest BCUT2D eigenvalue weighted by molar-refractivity contribution is 6.35. The largest absolute Gasteiger partial charge is 0.491 e. The van der Waals surface area contributed by atoms with E-state index in [1.807, 2.05) is 49.1 Å². The number of aromatic nitrogens is 1. The molecule has 0 N–H and O–H groups in total. The molecule has 2 amide bonds. The summed E-state index contributed by atoms with van der Waals surface area (Å²) in [6.45, 7) is 5.77. The first-order valence-corrected chi connectivity index (χ1v) is 11.0.